The number of rotatable bonds is 4. The van der Waals surface area contributed by atoms with E-state index in [0.717, 1.165) is 0 Å². The molecule has 0 aliphatic carbocycles. The maximum atomic E-state index is 14.7. The van der Waals surface area contributed by atoms with Crippen LogP contribution in [0.25, 0.3) is 22.3 Å². The van der Waals surface area contributed by atoms with E-state index in [1.165, 1.54) is 18.3 Å². The number of amides is 3. The molecule has 3 amide bonds. The summed E-state index contributed by atoms with van der Waals surface area (Å²) in [5.74, 6) is -0.341. The number of hydrogen-bond acceptors (Lipinski definition) is 5. The van der Waals surface area contributed by atoms with Gasteiger partial charge in [-0.1, -0.05) is 17.7 Å². The van der Waals surface area contributed by atoms with Crippen LogP contribution in [-0.2, 0) is 4.79 Å². The molecular formula is C25H23ClFN5O3. The second-order valence-corrected chi connectivity index (χ2v) is 8.90. The molecule has 0 spiro atoms. The number of piperazine rings is 1. The van der Waals surface area contributed by atoms with Crippen molar-refractivity contribution in [1.82, 2.24) is 15.2 Å². The molecule has 2 N–H and O–H groups in total. The first kappa shape index (κ1) is 23.1. The third kappa shape index (κ3) is 4.28. The summed E-state index contributed by atoms with van der Waals surface area (Å²) in [5.41, 5.74) is 2.11. The van der Waals surface area contributed by atoms with Gasteiger partial charge in [0.1, 0.15) is 17.4 Å². The minimum atomic E-state index is -0.541. The van der Waals surface area contributed by atoms with Crippen molar-refractivity contribution < 1.29 is 19.1 Å². The van der Waals surface area contributed by atoms with Gasteiger partial charge in [-0.15, -0.1) is 0 Å². The Morgan fingerprint density at radius 2 is 1.74 bits per heavy atom. The SMILES string of the molecule is CN1CCN(c2ccc(-c3cc(F)cc(-c4ccnc(N5CCNCC5=O)c4)c3O)cc2Cl)C1=O. The summed E-state index contributed by atoms with van der Waals surface area (Å²) >= 11 is 6.50. The first-order valence-electron chi connectivity index (χ1n) is 11.2. The van der Waals surface area contributed by atoms with Gasteiger partial charge in [-0.05, 0) is 47.5 Å². The number of pyridine rings is 1. The molecule has 0 bridgehead atoms. The van der Waals surface area contributed by atoms with Gasteiger partial charge in [0.2, 0.25) is 5.91 Å². The van der Waals surface area contributed by atoms with Crippen LogP contribution in [0.15, 0.2) is 48.7 Å². The van der Waals surface area contributed by atoms with Crippen LogP contribution in [0.5, 0.6) is 5.75 Å². The van der Waals surface area contributed by atoms with Crippen molar-refractivity contribution in [3.05, 3.63) is 59.5 Å². The van der Waals surface area contributed by atoms with Gasteiger partial charge in [-0.25, -0.2) is 14.2 Å². The molecule has 8 nitrogen and oxygen atoms in total. The zero-order valence-electron chi connectivity index (χ0n) is 19.0. The van der Waals surface area contributed by atoms with Gasteiger partial charge in [0, 0.05) is 50.6 Å². The van der Waals surface area contributed by atoms with Crippen molar-refractivity contribution in [2.24, 2.45) is 0 Å². The average Bonchev–Trinajstić information content (AvgIpc) is 3.18. The van der Waals surface area contributed by atoms with Gasteiger partial charge in [0.25, 0.3) is 0 Å². The highest BCUT2D eigenvalue weighted by Gasteiger charge is 2.28. The molecule has 35 heavy (non-hydrogen) atoms. The lowest BCUT2D eigenvalue weighted by Gasteiger charge is -2.26. The van der Waals surface area contributed by atoms with Crippen LogP contribution in [0.1, 0.15) is 0 Å². The van der Waals surface area contributed by atoms with Crippen LogP contribution in [-0.4, -0.2) is 66.7 Å². The van der Waals surface area contributed by atoms with Crippen molar-refractivity contribution in [1.29, 1.82) is 0 Å². The molecule has 2 aliphatic heterocycles. The number of carbonyl (C=O) groups excluding carboxylic acids is 2. The molecule has 1 aromatic heterocycles. The second kappa shape index (κ2) is 9.16. The topological polar surface area (TPSA) is 89.0 Å². The predicted molar refractivity (Wildman–Crippen MR) is 132 cm³/mol. The van der Waals surface area contributed by atoms with E-state index in [1.54, 1.807) is 52.1 Å². The molecule has 5 rings (SSSR count). The molecule has 3 aromatic rings. The lowest BCUT2D eigenvalue weighted by Crippen LogP contribution is -2.48. The predicted octanol–water partition coefficient (Wildman–Crippen LogP) is 3.72. The van der Waals surface area contributed by atoms with E-state index >= 15 is 0 Å². The van der Waals surface area contributed by atoms with E-state index in [4.69, 9.17) is 11.6 Å². The monoisotopic (exact) mass is 495 g/mol. The number of phenolic OH excluding ortho intramolecular Hbond substituents is 1. The number of phenols is 1. The van der Waals surface area contributed by atoms with E-state index in [2.05, 4.69) is 10.3 Å². The number of aromatic hydroxyl groups is 1. The van der Waals surface area contributed by atoms with E-state index in [9.17, 15) is 19.1 Å². The summed E-state index contributed by atoms with van der Waals surface area (Å²) in [6, 6.07) is 10.6. The quantitative estimate of drug-likeness (QED) is 0.576. The molecule has 0 unspecified atom stereocenters. The molecule has 0 saturated carbocycles. The number of likely N-dealkylation sites (N-methyl/N-ethyl adjacent to an activating group) is 1. The fraction of sp³-hybridized carbons (Fsp3) is 0.240. The molecule has 0 atom stereocenters. The zero-order chi connectivity index (χ0) is 24.7. The van der Waals surface area contributed by atoms with Crippen molar-refractivity contribution in [2.45, 2.75) is 0 Å². The smallest absolute Gasteiger partial charge is 0.324 e. The molecule has 2 aliphatic rings. The number of aromatic nitrogens is 1. The standard InChI is InChI=1S/C25H23ClFN5O3/c1-30-8-9-31(25(30)35)21-3-2-15(10-20(21)26)18-12-17(27)13-19(24(18)34)16-4-5-29-22(11-16)32-7-6-28-14-23(32)33/h2-5,10-13,28,34H,6-9,14H2,1H3. The normalized spacial score (nSPS) is 16.4. The number of anilines is 2. The molecule has 10 heteroatoms. The summed E-state index contributed by atoms with van der Waals surface area (Å²) in [6.07, 6.45) is 1.53. The van der Waals surface area contributed by atoms with E-state index in [1.807, 2.05) is 0 Å². The second-order valence-electron chi connectivity index (χ2n) is 8.50. The van der Waals surface area contributed by atoms with Gasteiger partial charge < -0.3 is 15.3 Å². The first-order chi connectivity index (χ1) is 16.8. The summed E-state index contributed by atoms with van der Waals surface area (Å²) in [5, 5.41) is 14.5. The third-order valence-electron chi connectivity index (χ3n) is 6.26. The Morgan fingerprint density at radius 3 is 2.40 bits per heavy atom. The fourth-order valence-corrected chi connectivity index (χ4v) is 4.67. The van der Waals surface area contributed by atoms with Crippen LogP contribution in [0, 0.1) is 5.82 Å². The van der Waals surface area contributed by atoms with Gasteiger partial charge in [-0.2, -0.15) is 0 Å². The molecule has 2 saturated heterocycles. The molecule has 2 aromatic carbocycles. The van der Waals surface area contributed by atoms with E-state index in [-0.39, 0.29) is 35.4 Å². The summed E-state index contributed by atoms with van der Waals surface area (Å²) < 4.78 is 14.7. The Hall–Kier alpha value is -3.69. The lowest BCUT2D eigenvalue weighted by atomic mass is 9.97. The average molecular weight is 496 g/mol. The molecule has 0 radical (unpaired) electrons. The molecule has 2 fully saturated rings. The van der Waals surface area contributed by atoms with Crippen molar-refractivity contribution in [2.75, 3.05) is 49.6 Å². The maximum Gasteiger partial charge on any atom is 0.324 e. The first-order valence-corrected chi connectivity index (χ1v) is 11.5. The molecule has 3 heterocycles. The van der Waals surface area contributed by atoms with Crippen LogP contribution in [0.2, 0.25) is 5.02 Å². The van der Waals surface area contributed by atoms with Crippen LogP contribution in [0.4, 0.5) is 20.7 Å². The Balaban J connectivity index is 1.52. The highest BCUT2D eigenvalue weighted by atomic mass is 35.5. The zero-order valence-corrected chi connectivity index (χ0v) is 19.7. The van der Waals surface area contributed by atoms with Crippen LogP contribution < -0.4 is 15.1 Å². The number of urea groups is 1. The van der Waals surface area contributed by atoms with Gasteiger partial charge in [0.05, 0.1) is 17.3 Å². The number of hydrogen-bond donors (Lipinski definition) is 2. The lowest BCUT2D eigenvalue weighted by molar-refractivity contribution is -0.118. The molecular weight excluding hydrogens is 473 g/mol. The van der Waals surface area contributed by atoms with E-state index < -0.39 is 5.82 Å². The number of benzene rings is 2. The maximum absolute atomic E-state index is 14.7. The number of carbonyl (C=O) groups is 2. The number of halogens is 2. The summed E-state index contributed by atoms with van der Waals surface area (Å²) in [4.78, 5) is 33.7. The van der Waals surface area contributed by atoms with Crippen molar-refractivity contribution in [3.8, 4) is 28.0 Å². The minimum absolute atomic E-state index is 0.109. The van der Waals surface area contributed by atoms with Crippen LogP contribution in [0.3, 0.4) is 0 Å². The van der Waals surface area contributed by atoms with Gasteiger partial charge in [0.15, 0.2) is 0 Å². The van der Waals surface area contributed by atoms with Gasteiger partial charge in [-0.3, -0.25) is 14.6 Å². The minimum Gasteiger partial charge on any atom is -0.507 e. The van der Waals surface area contributed by atoms with Crippen LogP contribution >= 0.6 is 11.6 Å². The fourth-order valence-electron chi connectivity index (χ4n) is 4.39. The van der Waals surface area contributed by atoms with Crippen molar-refractivity contribution >= 4 is 35.0 Å². The Kier molecular flexibility index (Phi) is 6.04. The third-order valence-corrected chi connectivity index (χ3v) is 6.57. The Bertz CT molecular complexity index is 1330. The largest absolute Gasteiger partial charge is 0.507 e. The summed E-state index contributed by atoms with van der Waals surface area (Å²) in [6.45, 7) is 2.44. The highest BCUT2D eigenvalue weighted by Crippen LogP contribution is 2.41. The van der Waals surface area contributed by atoms with Gasteiger partial charge >= 0.3 is 6.03 Å². The summed E-state index contributed by atoms with van der Waals surface area (Å²) in [7, 11) is 1.72. The Labute approximate surface area is 206 Å². The number of nitrogens with zero attached hydrogens (tertiary/aromatic N) is 4. The van der Waals surface area contributed by atoms with E-state index in [0.29, 0.717) is 53.8 Å². The molecule has 180 valence electrons. The van der Waals surface area contributed by atoms with Crippen molar-refractivity contribution in [3.63, 3.8) is 0 Å². The number of nitrogens with one attached hydrogen (secondary N) is 1. The highest BCUT2D eigenvalue weighted by molar-refractivity contribution is 6.34. The Morgan fingerprint density at radius 1 is 1.00 bits per heavy atom.